The van der Waals surface area contributed by atoms with E-state index in [0.717, 1.165) is 0 Å². The number of rotatable bonds is 5. The van der Waals surface area contributed by atoms with Crippen LogP contribution in [0.15, 0.2) is 35.5 Å². The fourth-order valence-electron chi connectivity index (χ4n) is 1.60. The van der Waals surface area contributed by atoms with Crippen LogP contribution < -0.4 is 9.46 Å². The minimum absolute atomic E-state index is 0.0349. The molecule has 0 radical (unpaired) electrons. The number of nitrogens with zero attached hydrogens (tertiary/aromatic N) is 3. The Bertz CT molecular complexity index is 753. The Morgan fingerprint density at radius 3 is 2.57 bits per heavy atom. The zero-order valence-electron chi connectivity index (χ0n) is 11.6. The van der Waals surface area contributed by atoms with Gasteiger partial charge in [0.15, 0.2) is 11.6 Å². The second kappa shape index (κ2) is 5.85. The van der Waals surface area contributed by atoms with Crippen LogP contribution in [0.2, 0.25) is 0 Å². The predicted octanol–water partition coefficient (Wildman–Crippen LogP) is 1.43. The summed E-state index contributed by atoms with van der Waals surface area (Å²) >= 11 is 0. The van der Waals surface area contributed by atoms with E-state index in [4.69, 9.17) is 10.00 Å². The monoisotopic (exact) mass is 306 g/mol. The fraction of sp³-hybridized carbons (Fsp3) is 0.231. The Labute approximate surface area is 122 Å². The van der Waals surface area contributed by atoms with Gasteiger partial charge in [-0.25, -0.2) is 4.98 Å². The van der Waals surface area contributed by atoms with E-state index >= 15 is 0 Å². The van der Waals surface area contributed by atoms with Crippen molar-refractivity contribution in [2.24, 2.45) is 7.05 Å². The molecule has 0 atom stereocenters. The number of benzene rings is 1. The molecular formula is C13H14N4O3S. The van der Waals surface area contributed by atoms with E-state index in [1.54, 1.807) is 42.8 Å². The lowest BCUT2D eigenvalue weighted by atomic mass is 10.3. The van der Waals surface area contributed by atoms with Gasteiger partial charge < -0.3 is 9.30 Å². The highest BCUT2D eigenvalue weighted by Gasteiger charge is 2.18. The summed E-state index contributed by atoms with van der Waals surface area (Å²) in [5.41, 5.74) is 0.391. The molecule has 21 heavy (non-hydrogen) atoms. The van der Waals surface area contributed by atoms with Crippen molar-refractivity contribution in [1.82, 2.24) is 9.55 Å². The molecule has 1 aromatic carbocycles. The number of nitriles is 1. The first-order chi connectivity index (χ1) is 9.92. The first-order valence-electron chi connectivity index (χ1n) is 6.05. The highest BCUT2D eigenvalue weighted by molar-refractivity contribution is 7.92. The molecule has 7 nitrogen and oxygen atoms in total. The second-order valence-corrected chi connectivity index (χ2v) is 5.94. The van der Waals surface area contributed by atoms with Gasteiger partial charge >= 0.3 is 0 Å². The van der Waals surface area contributed by atoms with Gasteiger partial charge in [-0.15, -0.1) is 0 Å². The van der Waals surface area contributed by atoms with E-state index in [-0.39, 0.29) is 11.6 Å². The topological polar surface area (TPSA) is 97.0 Å². The van der Waals surface area contributed by atoms with Gasteiger partial charge in [0.25, 0.3) is 10.0 Å². The normalized spacial score (nSPS) is 10.9. The van der Waals surface area contributed by atoms with Crippen LogP contribution >= 0.6 is 0 Å². The number of aromatic nitrogens is 2. The van der Waals surface area contributed by atoms with E-state index < -0.39 is 10.0 Å². The average Bonchev–Trinajstić information content (AvgIpc) is 2.78. The molecule has 0 aliphatic heterocycles. The van der Waals surface area contributed by atoms with Crippen molar-refractivity contribution >= 4 is 15.7 Å². The molecule has 2 aromatic rings. The molecule has 0 saturated carbocycles. The molecular weight excluding hydrogens is 292 g/mol. The summed E-state index contributed by atoms with van der Waals surface area (Å²) in [5.74, 6) is 1.10. The molecule has 1 heterocycles. The highest BCUT2D eigenvalue weighted by atomic mass is 32.2. The number of ether oxygens (including phenoxy) is 1. The Hall–Kier alpha value is -2.53. The molecule has 1 aromatic heterocycles. The number of anilines is 1. The molecule has 0 bridgehead atoms. The predicted molar refractivity (Wildman–Crippen MR) is 76.3 cm³/mol. The molecule has 110 valence electrons. The zero-order chi connectivity index (χ0) is 15.5. The van der Waals surface area contributed by atoms with Gasteiger partial charge in [-0.2, -0.15) is 13.7 Å². The third-order valence-electron chi connectivity index (χ3n) is 2.77. The SMILES string of the molecule is Cc1nc(S(=O)(=O)Nc2ccc(OCC#N)cc2)cn1C. The quantitative estimate of drug-likeness (QED) is 0.901. The maximum Gasteiger partial charge on any atom is 0.280 e. The lowest BCUT2D eigenvalue weighted by molar-refractivity contribution is 0.368. The van der Waals surface area contributed by atoms with Gasteiger partial charge in [0.2, 0.25) is 0 Å². The first kappa shape index (κ1) is 14.9. The summed E-state index contributed by atoms with van der Waals surface area (Å²) < 4.78 is 33.5. The van der Waals surface area contributed by atoms with E-state index in [1.807, 2.05) is 6.07 Å². The van der Waals surface area contributed by atoms with Crippen molar-refractivity contribution in [2.45, 2.75) is 11.9 Å². The lowest BCUT2D eigenvalue weighted by Crippen LogP contribution is -2.13. The molecule has 8 heteroatoms. The number of aryl methyl sites for hydroxylation is 2. The zero-order valence-corrected chi connectivity index (χ0v) is 12.4. The van der Waals surface area contributed by atoms with Crippen molar-refractivity contribution in [3.8, 4) is 11.8 Å². The second-order valence-electron chi connectivity index (χ2n) is 4.31. The largest absolute Gasteiger partial charge is 0.479 e. The molecule has 0 fully saturated rings. The highest BCUT2D eigenvalue weighted by Crippen LogP contribution is 2.19. The van der Waals surface area contributed by atoms with Gasteiger partial charge in [0.05, 0.1) is 0 Å². The van der Waals surface area contributed by atoms with Gasteiger partial charge in [-0.3, -0.25) is 4.72 Å². The van der Waals surface area contributed by atoms with E-state index in [1.165, 1.54) is 6.20 Å². The van der Waals surface area contributed by atoms with Crippen LogP contribution in [0.3, 0.4) is 0 Å². The summed E-state index contributed by atoms with van der Waals surface area (Å²) in [4.78, 5) is 3.99. The fourth-order valence-corrected chi connectivity index (χ4v) is 2.70. The standard InChI is InChI=1S/C13H14N4O3S/c1-10-15-13(9-17(10)2)21(18,19)16-11-3-5-12(6-4-11)20-8-7-14/h3-6,9,16H,8H2,1-2H3. The number of nitrogens with one attached hydrogen (secondary N) is 1. The summed E-state index contributed by atoms with van der Waals surface area (Å²) in [6.45, 7) is 1.67. The number of sulfonamides is 1. The maximum atomic E-state index is 12.2. The first-order valence-corrected chi connectivity index (χ1v) is 7.53. The minimum Gasteiger partial charge on any atom is -0.479 e. The van der Waals surface area contributed by atoms with Crippen LogP contribution in [0, 0.1) is 18.3 Å². The molecule has 0 aliphatic carbocycles. The van der Waals surface area contributed by atoms with Crippen LogP contribution in [0.5, 0.6) is 5.75 Å². The van der Waals surface area contributed by atoms with Crippen LogP contribution in [-0.4, -0.2) is 24.6 Å². The van der Waals surface area contributed by atoms with E-state index in [0.29, 0.717) is 17.3 Å². The molecule has 0 spiro atoms. The molecule has 0 aliphatic rings. The third-order valence-corrected chi connectivity index (χ3v) is 4.02. The van der Waals surface area contributed by atoms with Gasteiger partial charge in [-0.1, -0.05) is 0 Å². The number of hydrogen-bond acceptors (Lipinski definition) is 5. The van der Waals surface area contributed by atoms with Crippen LogP contribution in [0.25, 0.3) is 0 Å². The van der Waals surface area contributed by atoms with Crippen molar-refractivity contribution in [1.29, 1.82) is 5.26 Å². The third kappa shape index (κ3) is 3.52. The molecule has 0 amide bonds. The lowest BCUT2D eigenvalue weighted by Gasteiger charge is -2.07. The van der Waals surface area contributed by atoms with Gasteiger partial charge in [0, 0.05) is 18.9 Å². The van der Waals surface area contributed by atoms with Crippen molar-refractivity contribution in [3.63, 3.8) is 0 Å². The van der Waals surface area contributed by atoms with Crippen molar-refractivity contribution in [3.05, 3.63) is 36.3 Å². The minimum atomic E-state index is -3.72. The van der Waals surface area contributed by atoms with Crippen LogP contribution in [0.1, 0.15) is 5.82 Å². The summed E-state index contributed by atoms with van der Waals surface area (Å²) in [5, 5.41) is 8.37. The van der Waals surface area contributed by atoms with Gasteiger partial charge in [-0.05, 0) is 31.2 Å². The van der Waals surface area contributed by atoms with Gasteiger partial charge in [0.1, 0.15) is 17.6 Å². The maximum absolute atomic E-state index is 12.2. The van der Waals surface area contributed by atoms with Crippen molar-refractivity contribution < 1.29 is 13.2 Å². The Kier molecular flexibility index (Phi) is 4.14. The summed E-state index contributed by atoms with van der Waals surface area (Å²) in [6.07, 6.45) is 1.45. The molecule has 1 N–H and O–H groups in total. The number of imidazole rings is 1. The smallest absolute Gasteiger partial charge is 0.280 e. The summed E-state index contributed by atoms with van der Waals surface area (Å²) in [6, 6.07) is 8.13. The Morgan fingerprint density at radius 1 is 1.38 bits per heavy atom. The molecule has 0 unspecified atom stereocenters. The van der Waals surface area contributed by atoms with Crippen molar-refractivity contribution in [2.75, 3.05) is 11.3 Å². The molecule has 0 saturated heterocycles. The Morgan fingerprint density at radius 2 is 2.05 bits per heavy atom. The van der Waals surface area contributed by atoms with E-state index in [9.17, 15) is 8.42 Å². The number of hydrogen-bond donors (Lipinski definition) is 1. The summed E-state index contributed by atoms with van der Waals surface area (Å²) in [7, 11) is -2.00. The van der Waals surface area contributed by atoms with Crippen LogP contribution in [-0.2, 0) is 17.1 Å². The molecule has 2 rings (SSSR count). The average molecular weight is 306 g/mol. The van der Waals surface area contributed by atoms with Crippen LogP contribution in [0.4, 0.5) is 5.69 Å². The Balaban J connectivity index is 2.15. The van der Waals surface area contributed by atoms with E-state index in [2.05, 4.69) is 9.71 Å².